The predicted molar refractivity (Wildman–Crippen MR) is 92.7 cm³/mol. The molecule has 7 heteroatoms. The van der Waals surface area contributed by atoms with Crippen molar-refractivity contribution in [2.24, 2.45) is 5.73 Å². The summed E-state index contributed by atoms with van der Waals surface area (Å²) in [5.41, 5.74) is 8.17. The lowest BCUT2D eigenvalue weighted by Gasteiger charge is -2.24. The highest BCUT2D eigenvalue weighted by Crippen LogP contribution is 2.24. The average molecular weight is 326 g/mol. The van der Waals surface area contributed by atoms with E-state index in [0.717, 1.165) is 35.7 Å². The van der Waals surface area contributed by atoms with E-state index in [4.69, 9.17) is 10.7 Å². The zero-order valence-electron chi connectivity index (χ0n) is 14.1. The Morgan fingerprint density at radius 2 is 1.96 bits per heavy atom. The minimum atomic E-state index is -0.360. The van der Waals surface area contributed by atoms with Gasteiger partial charge in [-0.3, -0.25) is 4.98 Å². The van der Waals surface area contributed by atoms with Crippen LogP contribution in [0.15, 0.2) is 24.4 Å². The van der Waals surface area contributed by atoms with Crippen molar-refractivity contribution in [3.63, 3.8) is 0 Å². The van der Waals surface area contributed by atoms with E-state index in [1.165, 1.54) is 0 Å². The lowest BCUT2D eigenvalue weighted by Crippen LogP contribution is -2.38. The number of hydrogen-bond donors (Lipinski definition) is 1. The zero-order chi connectivity index (χ0) is 17.1. The SMILES string of the molecule is Cc1nc(-c2ccccn2)nc(N2CCCN(C(N)=O)CC2)c1C. The largest absolute Gasteiger partial charge is 0.354 e. The van der Waals surface area contributed by atoms with Crippen LogP contribution in [0.2, 0.25) is 0 Å². The number of urea groups is 1. The van der Waals surface area contributed by atoms with E-state index in [2.05, 4.69) is 14.9 Å². The molecule has 0 atom stereocenters. The van der Waals surface area contributed by atoms with Gasteiger partial charge in [0.15, 0.2) is 5.82 Å². The van der Waals surface area contributed by atoms with Gasteiger partial charge in [-0.25, -0.2) is 14.8 Å². The Morgan fingerprint density at radius 1 is 1.12 bits per heavy atom. The minimum absolute atomic E-state index is 0.360. The molecule has 0 spiro atoms. The van der Waals surface area contributed by atoms with Crippen LogP contribution in [0, 0.1) is 13.8 Å². The summed E-state index contributed by atoms with van der Waals surface area (Å²) in [6.45, 7) is 6.85. The molecule has 3 rings (SSSR count). The number of hydrogen-bond acceptors (Lipinski definition) is 5. The van der Waals surface area contributed by atoms with E-state index in [9.17, 15) is 4.79 Å². The summed E-state index contributed by atoms with van der Waals surface area (Å²) in [5, 5.41) is 0. The second kappa shape index (κ2) is 6.82. The van der Waals surface area contributed by atoms with Crippen molar-refractivity contribution >= 4 is 11.8 Å². The number of amides is 2. The van der Waals surface area contributed by atoms with E-state index in [1.54, 1.807) is 11.1 Å². The van der Waals surface area contributed by atoms with Crippen LogP contribution in [0.1, 0.15) is 17.7 Å². The lowest BCUT2D eigenvalue weighted by atomic mass is 10.2. The molecule has 0 radical (unpaired) electrons. The van der Waals surface area contributed by atoms with E-state index < -0.39 is 0 Å². The number of anilines is 1. The number of pyridine rings is 1. The Hall–Kier alpha value is -2.70. The second-order valence-electron chi connectivity index (χ2n) is 5.96. The highest BCUT2D eigenvalue weighted by molar-refractivity contribution is 5.72. The summed E-state index contributed by atoms with van der Waals surface area (Å²) >= 11 is 0. The van der Waals surface area contributed by atoms with Crippen LogP contribution in [0.4, 0.5) is 10.6 Å². The standard InChI is InChI=1S/C17H22N6O/c1-12-13(2)20-15(14-6-3-4-7-19-14)21-16(12)22-8-5-9-23(11-10-22)17(18)24/h3-4,6-7H,5,8-11H2,1-2H3,(H2,18,24). The molecule has 0 aromatic carbocycles. The van der Waals surface area contributed by atoms with Gasteiger partial charge in [0.25, 0.3) is 0 Å². The molecule has 126 valence electrons. The van der Waals surface area contributed by atoms with Crippen LogP contribution >= 0.6 is 0 Å². The third-order valence-corrected chi connectivity index (χ3v) is 4.36. The first kappa shape index (κ1) is 16.2. The number of nitrogens with zero attached hydrogens (tertiary/aromatic N) is 5. The van der Waals surface area contributed by atoms with E-state index in [0.29, 0.717) is 25.5 Å². The fourth-order valence-corrected chi connectivity index (χ4v) is 2.88. The molecule has 3 heterocycles. The van der Waals surface area contributed by atoms with Gasteiger partial charge in [0.2, 0.25) is 0 Å². The molecular formula is C17H22N6O. The number of rotatable bonds is 2. The maximum Gasteiger partial charge on any atom is 0.314 e. The third kappa shape index (κ3) is 3.29. The normalized spacial score (nSPS) is 15.2. The molecule has 2 N–H and O–H groups in total. The van der Waals surface area contributed by atoms with Gasteiger partial charge in [0.1, 0.15) is 11.5 Å². The second-order valence-corrected chi connectivity index (χ2v) is 5.96. The summed E-state index contributed by atoms with van der Waals surface area (Å²) in [4.78, 5) is 29.0. The highest BCUT2D eigenvalue weighted by atomic mass is 16.2. The molecule has 24 heavy (non-hydrogen) atoms. The van der Waals surface area contributed by atoms with Crippen molar-refractivity contribution < 1.29 is 4.79 Å². The Labute approximate surface area is 141 Å². The molecule has 7 nitrogen and oxygen atoms in total. The molecule has 0 saturated carbocycles. The molecule has 2 aromatic rings. The summed E-state index contributed by atoms with van der Waals surface area (Å²) in [6.07, 6.45) is 2.61. The first-order chi connectivity index (χ1) is 11.6. The number of aromatic nitrogens is 3. The molecular weight excluding hydrogens is 304 g/mol. The lowest BCUT2D eigenvalue weighted by molar-refractivity contribution is 0.211. The van der Waals surface area contributed by atoms with Gasteiger partial charge in [-0.2, -0.15) is 0 Å². The molecule has 2 amide bonds. The Balaban J connectivity index is 1.92. The maximum atomic E-state index is 11.4. The van der Waals surface area contributed by atoms with Gasteiger partial charge in [0.05, 0.1) is 0 Å². The zero-order valence-corrected chi connectivity index (χ0v) is 14.1. The Morgan fingerprint density at radius 3 is 2.67 bits per heavy atom. The molecule has 2 aromatic heterocycles. The van der Waals surface area contributed by atoms with Gasteiger partial charge in [0, 0.05) is 43.6 Å². The van der Waals surface area contributed by atoms with Crippen molar-refractivity contribution in [1.29, 1.82) is 0 Å². The van der Waals surface area contributed by atoms with Crippen LogP contribution < -0.4 is 10.6 Å². The van der Waals surface area contributed by atoms with Gasteiger partial charge >= 0.3 is 6.03 Å². The Kier molecular flexibility index (Phi) is 4.59. The monoisotopic (exact) mass is 326 g/mol. The average Bonchev–Trinajstić information content (AvgIpc) is 2.84. The maximum absolute atomic E-state index is 11.4. The summed E-state index contributed by atoms with van der Waals surface area (Å²) < 4.78 is 0. The van der Waals surface area contributed by atoms with Gasteiger partial charge < -0.3 is 15.5 Å². The van der Waals surface area contributed by atoms with Crippen LogP contribution in [-0.2, 0) is 0 Å². The topological polar surface area (TPSA) is 88.2 Å². The van der Waals surface area contributed by atoms with Crippen molar-refractivity contribution in [3.05, 3.63) is 35.7 Å². The summed E-state index contributed by atoms with van der Waals surface area (Å²) in [5.74, 6) is 1.54. The molecule has 1 aliphatic rings. The van der Waals surface area contributed by atoms with Crippen molar-refractivity contribution in [1.82, 2.24) is 19.9 Å². The number of carbonyl (C=O) groups excluding carboxylic acids is 1. The smallest absolute Gasteiger partial charge is 0.314 e. The predicted octanol–water partition coefficient (Wildman–Crippen LogP) is 1.75. The molecule has 1 fully saturated rings. The van der Waals surface area contributed by atoms with Crippen molar-refractivity contribution in [3.8, 4) is 11.5 Å². The molecule has 1 saturated heterocycles. The van der Waals surface area contributed by atoms with E-state index in [-0.39, 0.29) is 6.03 Å². The molecule has 0 unspecified atom stereocenters. The van der Waals surface area contributed by atoms with Gasteiger partial charge in [-0.15, -0.1) is 0 Å². The fraction of sp³-hybridized carbons (Fsp3) is 0.412. The third-order valence-electron chi connectivity index (χ3n) is 4.36. The van der Waals surface area contributed by atoms with Crippen LogP contribution in [0.5, 0.6) is 0 Å². The minimum Gasteiger partial charge on any atom is -0.354 e. The molecule has 0 bridgehead atoms. The fourth-order valence-electron chi connectivity index (χ4n) is 2.88. The van der Waals surface area contributed by atoms with Crippen LogP contribution in [0.3, 0.4) is 0 Å². The quantitative estimate of drug-likeness (QED) is 0.908. The van der Waals surface area contributed by atoms with Crippen LogP contribution in [0.25, 0.3) is 11.5 Å². The van der Waals surface area contributed by atoms with Crippen molar-refractivity contribution in [2.45, 2.75) is 20.3 Å². The van der Waals surface area contributed by atoms with Crippen LogP contribution in [-0.4, -0.2) is 52.1 Å². The molecule has 1 aliphatic heterocycles. The van der Waals surface area contributed by atoms with Crippen molar-refractivity contribution in [2.75, 3.05) is 31.1 Å². The first-order valence-corrected chi connectivity index (χ1v) is 8.12. The van der Waals surface area contributed by atoms with E-state index in [1.807, 2.05) is 32.0 Å². The molecule has 0 aliphatic carbocycles. The van der Waals surface area contributed by atoms with Gasteiger partial charge in [-0.05, 0) is 32.4 Å². The summed E-state index contributed by atoms with van der Waals surface area (Å²) in [7, 11) is 0. The highest BCUT2D eigenvalue weighted by Gasteiger charge is 2.21. The number of primary amides is 1. The van der Waals surface area contributed by atoms with E-state index >= 15 is 0 Å². The first-order valence-electron chi connectivity index (χ1n) is 8.12. The summed E-state index contributed by atoms with van der Waals surface area (Å²) in [6, 6.07) is 5.35. The Bertz CT molecular complexity index is 733. The number of carbonyl (C=O) groups is 1. The van der Waals surface area contributed by atoms with Gasteiger partial charge in [-0.1, -0.05) is 6.07 Å². The number of nitrogens with two attached hydrogens (primary N) is 1. The number of aryl methyl sites for hydroxylation is 1.